The number of thiophene rings is 1. The first-order chi connectivity index (χ1) is 15.2. The molecular weight excluding hydrogens is 422 g/mol. The van der Waals surface area contributed by atoms with E-state index in [1.54, 1.807) is 12.1 Å². The van der Waals surface area contributed by atoms with Crippen molar-refractivity contribution in [2.45, 2.75) is 71.8 Å². The lowest BCUT2D eigenvalue weighted by atomic mass is 9.63. The van der Waals surface area contributed by atoms with Crippen LogP contribution in [0.2, 0.25) is 0 Å². The van der Waals surface area contributed by atoms with Crippen LogP contribution in [0.1, 0.15) is 76.1 Å². The molecule has 0 radical (unpaired) electrons. The Kier molecular flexibility index (Phi) is 7.99. The molecular formula is C26H35NO4S. The highest BCUT2D eigenvalue weighted by Crippen LogP contribution is 2.44. The SMILES string of the molecule is CC(C)(C)[C@@H]1CCCC(NC(=O)c2csc3ccc(O)cc23)[C@H]1CC=CCCCC(=O)O. The third kappa shape index (κ3) is 6.12. The van der Waals surface area contributed by atoms with E-state index < -0.39 is 5.97 Å². The zero-order valence-electron chi connectivity index (χ0n) is 19.3. The lowest BCUT2D eigenvalue weighted by Gasteiger charge is -2.45. The van der Waals surface area contributed by atoms with E-state index in [-0.39, 0.29) is 29.5 Å². The Morgan fingerprint density at radius 2 is 2.00 bits per heavy atom. The Morgan fingerprint density at radius 1 is 1.22 bits per heavy atom. The Hall–Kier alpha value is -2.34. The van der Waals surface area contributed by atoms with Crippen LogP contribution in [0.15, 0.2) is 35.7 Å². The van der Waals surface area contributed by atoms with E-state index in [2.05, 4.69) is 38.2 Å². The van der Waals surface area contributed by atoms with Crippen LogP contribution in [-0.2, 0) is 4.79 Å². The highest BCUT2D eigenvalue weighted by atomic mass is 32.1. The molecule has 1 amide bonds. The Bertz CT molecular complexity index is 972. The molecule has 1 unspecified atom stereocenters. The zero-order chi connectivity index (χ0) is 23.3. The topological polar surface area (TPSA) is 86.6 Å². The van der Waals surface area contributed by atoms with Crippen molar-refractivity contribution in [2.24, 2.45) is 17.3 Å². The van der Waals surface area contributed by atoms with Crippen LogP contribution in [0, 0.1) is 17.3 Å². The van der Waals surface area contributed by atoms with Crippen molar-refractivity contribution < 1.29 is 19.8 Å². The lowest BCUT2D eigenvalue weighted by molar-refractivity contribution is -0.137. The van der Waals surface area contributed by atoms with Crippen LogP contribution < -0.4 is 5.32 Å². The number of unbranched alkanes of at least 4 members (excludes halogenated alkanes) is 1. The summed E-state index contributed by atoms with van der Waals surface area (Å²) >= 11 is 1.52. The first-order valence-electron chi connectivity index (χ1n) is 11.5. The number of carboxylic acid groups (broad SMARTS) is 1. The first-order valence-corrected chi connectivity index (χ1v) is 12.4. The summed E-state index contributed by atoms with van der Waals surface area (Å²) in [6, 6.07) is 5.25. The molecule has 3 rings (SSSR count). The zero-order valence-corrected chi connectivity index (χ0v) is 20.1. The number of hydrogen-bond donors (Lipinski definition) is 3. The molecule has 32 heavy (non-hydrogen) atoms. The van der Waals surface area contributed by atoms with Crippen molar-refractivity contribution in [3.8, 4) is 5.75 Å². The minimum atomic E-state index is -0.754. The van der Waals surface area contributed by atoms with Gasteiger partial charge in [0, 0.05) is 27.9 Å². The van der Waals surface area contributed by atoms with Crippen LogP contribution >= 0.6 is 11.3 Å². The number of nitrogens with one attached hydrogen (secondary N) is 1. The third-order valence-corrected chi connectivity index (χ3v) is 7.59. The van der Waals surface area contributed by atoms with Gasteiger partial charge in [-0.25, -0.2) is 0 Å². The molecule has 5 nitrogen and oxygen atoms in total. The molecule has 1 heterocycles. The van der Waals surface area contributed by atoms with Gasteiger partial charge in [-0.2, -0.15) is 0 Å². The van der Waals surface area contributed by atoms with E-state index in [4.69, 9.17) is 5.11 Å². The summed E-state index contributed by atoms with van der Waals surface area (Å²) in [6.45, 7) is 6.84. The van der Waals surface area contributed by atoms with E-state index >= 15 is 0 Å². The van der Waals surface area contributed by atoms with Crippen molar-refractivity contribution in [2.75, 3.05) is 0 Å². The number of phenols is 1. The van der Waals surface area contributed by atoms with E-state index in [0.29, 0.717) is 23.8 Å². The summed E-state index contributed by atoms with van der Waals surface area (Å²) in [6.07, 6.45) is 9.96. The fraction of sp³-hybridized carbons (Fsp3) is 0.538. The highest BCUT2D eigenvalue weighted by Gasteiger charge is 2.39. The molecule has 3 atom stereocenters. The van der Waals surface area contributed by atoms with Gasteiger partial charge >= 0.3 is 5.97 Å². The number of fused-ring (bicyclic) bond motifs is 1. The fourth-order valence-electron chi connectivity index (χ4n) is 5.03. The number of amides is 1. The number of carbonyl (C=O) groups excluding carboxylic acids is 1. The van der Waals surface area contributed by atoms with Crippen molar-refractivity contribution in [3.05, 3.63) is 41.3 Å². The minimum absolute atomic E-state index is 0.0724. The van der Waals surface area contributed by atoms with E-state index in [9.17, 15) is 14.7 Å². The molecule has 1 aliphatic carbocycles. The van der Waals surface area contributed by atoms with Crippen molar-refractivity contribution in [1.82, 2.24) is 5.32 Å². The van der Waals surface area contributed by atoms with Crippen LogP contribution in [0.3, 0.4) is 0 Å². The van der Waals surface area contributed by atoms with Gasteiger partial charge in [0.1, 0.15) is 5.75 Å². The molecule has 1 saturated carbocycles. The summed E-state index contributed by atoms with van der Waals surface area (Å²) in [5.74, 6) is 0.170. The maximum atomic E-state index is 13.2. The van der Waals surface area contributed by atoms with Gasteiger partial charge in [0.05, 0.1) is 5.56 Å². The van der Waals surface area contributed by atoms with Crippen LogP contribution in [0.4, 0.5) is 0 Å². The molecule has 0 bridgehead atoms. The number of aromatic hydroxyl groups is 1. The van der Waals surface area contributed by atoms with Gasteiger partial charge < -0.3 is 15.5 Å². The predicted molar refractivity (Wildman–Crippen MR) is 130 cm³/mol. The van der Waals surface area contributed by atoms with Gasteiger partial charge in [-0.3, -0.25) is 9.59 Å². The number of carboxylic acids is 1. The second-order valence-electron chi connectivity index (χ2n) is 9.97. The van der Waals surface area contributed by atoms with Crippen LogP contribution in [-0.4, -0.2) is 28.1 Å². The van der Waals surface area contributed by atoms with Crippen LogP contribution in [0.5, 0.6) is 5.75 Å². The van der Waals surface area contributed by atoms with Crippen molar-refractivity contribution in [1.29, 1.82) is 0 Å². The normalized spacial score (nSPS) is 21.8. The standard InChI is InChI=1S/C26H35NO4S/c1-26(2,3)21-10-8-11-22(18(21)9-6-4-5-7-12-24(29)30)27-25(31)20-16-32-23-14-13-17(28)15-19(20)23/h4,6,13-16,18,21-22,28H,5,7-12H2,1-3H3,(H,27,31)(H,29,30)/t18-,21+,22?/m0/s1. The van der Waals surface area contributed by atoms with Gasteiger partial charge in [0.2, 0.25) is 0 Å². The molecule has 1 aliphatic rings. The predicted octanol–water partition coefficient (Wildman–Crippen LogP) is 6.37. The van der Waals surface area contributed by atoms with Crippen molar-refractivity contribution in [3.63, 3.8) is 0 Å². The number of benzene rings is 1. The molecule has 0 spiro atoms. The van der Waals surface area contributed by atoms with Gasteiger partial charge in [-0.15, -0.1) is 11.3 Å². The van der Waals surface area contributed by atoms with Gasteiger partial charge in [0.15, 0.2) is 0 Å². The third-order valence-electron chi connectivity index (χ3n) is 6.63. The number of rotatable bonds is 8. The molecule has 3 N–H and O–H groups in total. The molecule has 6 heteroatoms. The maximum absolute atomic E-state index is 13.2. The average Bonchev–Trinajstić information content (AvgIpc) is 3.13. The van der Waals surface area contributed by atoms with Crippen LogP contribution in [0.25, 0.3) is 10.1 Å². The second-order valence-corrected chi connectivity index (χ2v) is 10.9. The summed E-state index contributed by atoms with van der Waals surface area (Å²) < 4.78 is 0.991. The Balaban J connectivity index is 1.74. The van der Waals surface area contributed by atoms with Gasteiger partial charge in [0.25, 0.3) is 5.91 Å². The quantitative estimate of drug-likeness (QED) is 0.317. The fourth-order valence-corrected chi connectivity index (χ4v) is 5.95. The molecule has 1 aromatic carbocycles. The summed E-state index contributed by atoms with van der Waals surface area (Å²) in [5.41, 5.74) is 0.772. The maximum Gasteiger partial charge on any atom is 0.303 e. The number of aliphatic carboxylic acids is 1. The number of carbonyl (C=O) groups is 2. The summed E-state index contributed by atoms with van der Waals surface area (Å²) in [5, 5.41) is 24.7. The highest BCUT2D eigenvalue weighted by molar-refractivity contribution is 7.17. The molecule has 1 aromatic heterocycles. The van der Waals surface area contributed by atoms with E-state index in [0.717, 1.165) is 42.2 Å². The molecule has 2 aromatic rings. The lowest BCUT2D eigenvalue weighted by Crippen LogP contribution is -2.48. The van der Waals surface area contributed by atoms with Gasteiger partial charge in [-0.1, -0.05) is 39.3 Å². The summed E-state index contributed by atoms with van der Waals surface area (Å²) in [7, 11) is 0. The number of phenolic OH excluding ortho intramolecular Hbond substituents is 1. The second kappa shape index (κ2) is 10.5. The van der Waals surface area contributed by atoms with Crippen molar-refractivity contribution >= 4 is 33.3 Å². The molecule has 1 fully saturated rings. The largest absolute Gasteiger partial charge is 0.508 e. The first kappa shape index (κ1) is 24.3. The smallest absolute Gasteiger partial charge is 0.303 e. The average molecular weight is 458 g/mol. The Morgan fingerprint density at radius 3 is 2.72 bits per heavy atom. The molecule has 174 valence electrons. The van der Waals surface area contributed by atoms with E-state index in [1.807, 2.05) is 11.4 Å². The Labute approximate surface area is 194 Å². The monoisotopic (exact) mass is 457 g/mol. The molecule has 0 saturated heterocycles. The summed E-state index contributed by atoms with van der Waals surface area (Å²) in [4.78, 5) is 23.9. The number of hydrogen-bond acceptors (Lipinski definition) is 4. The van der Waals surface area contributed by atoms with Gasteiger partial charge in [-0.05, 0) is 67.6 Å². The minimum Gasteiger partial charge on any atom is -0.508 e. The molecule has 0 aliphatic heterocycles. The number of allylic oxidation sites excluding steroid dienone is 2. The van der Waals surface area contributed by atoms with E-state index in [1.165, 1.54) is 11.3 Å².